The largest absolute Gasteiger partial charge is 0.420 e. The average Bonchev–Trinajstić information content (AvgIpc) is 2.91. The van der Waals surface area contributed by atoms with Crippen LogP contribution in [0.15, 0.2) is 57.7 Å². The van der Waals surface area contributed by atoms with E-state index in [4.69, 9.17) is 4.42 Å². The summed E-state index contributed by atoms with van der Waals surface area (Å²) in [5.74, 6) is -0.534. The number of hydrogen-bond acceptors (Lipinski definition) is 4. The number of hydrogen-bond donors (Lipinski definition) is 2. The third-order valence-electron chi connectivity index (χ3n) is 3.72. The molecule has 3 rings (SSSR count). The molecule has 0 atom stereocenters. The molecular formula is C18H17N3O4. The number of Topliss-reactive ketones (excluding diaryl/α,β-unsaturated/α-hetero) is 1. The molecule has 0 aliphatic rings. The highest BCUT2D eigenvalue weighted by Gasteiger charge is 2.09. The number of oxazole rings is 1. The Morgan fingerprint density at radius 1 is 1.12 bits per heavy atom. The summed E-state index contributed by atoms with van der Waals surface area (Å²) in [6.45, 7) is 2.00. The van der Waals surface area contributed by atoms with Crippen LogP contribution >= 0.6 is 0 Å². The Morgan fingerprint density at radius 3 is 2.72 bits per heavy atom. The number of carbonyl (C=O) groups excluding carboxylic acids is 2. The Labute approximate surface area is 143 Å². The van der Waals surface area contributed by atoms with Crippen LogP contribution in [0.1, 0.15) is 17.3 Å². The molecule has 0 fully saturated rings. The van der Waals surface area contributed by atoms with Gasteiger partial charge in [0, 0.05) is 24.3 Å². The zero-order chi connectivity index (χ0) is 17.8. The van der Waals surface area contributed by atoms with Gasteiger partial charge in [-0.15, -0.1) is 0 Å². The van der Waals surface area contributed by atoms with Crippen molar-refractivity contribution in [3.8, 4) is 0 Å². The number of nitrogens with one attached hydrogen (secondary N) is 2. The van der Waals surface area contributed by atoms with Crippen LogP contribution in [-0.2, 0) is 6.54 Å². The molecule has 0 aliphatic heterocycles. The van der Waals surface area contributed by atoms with E-state index in [9.17, 15) is 14.4 Å². The van der Waals surface area contributed by atoms with E-state index in [2.05, 4.69) is 10.6 Å². The number of anilines is 1. The molecule has 0 spiro atoms. The molecule has 1 aromatic heterocycles. The van der Waals surface area contributed by atoms with E-state index >= 15 is 0 Å². The van der Waals surface area contributed by atoms with Crippen LogP contribution in [0.4, 0.5) is 10.5 Å². The summed E-state index contributed by atoms with van der Waals surface area (Å²) < 4.78 is 6.60. The lowest BCUT2D eigenvalue weighted by Crippen LogP contribution is -2.33. The summed E-state index contributed by atoms with van der Waals surface area (Å²) >= 11 is 0. The lowest BCUT2D eigenvalue weighted by molar-refractivity contribution is 0.101. The van der Waals surface area contributed by atoms with Crippen molar-refractivity contribution in [3.05, 3.63) is 64.6 Å². The highest BCUT2D eigenvalue weighted by Crippen LogP contribution is 2.12. The van der Waals surface area contributed by atoms with Gasteiger partial charge >= 0.3 is 11.8 Å². The molecule has 0 radical (unpaired) electrons. The molecular weight excluding hydrogens is 322 g/mol. The van der Waals surface area contributed by atoms with Gasteiger partial charge in [0.1, 0.15) is 0 Å². The summed E-state index contributed by atoms with van der Waals surface area (Å²) in [5.41, 5.74) is 2.24. The van der Waals surface area contributed by atoms with E-state index in [0.717, 1.165) is 0 Å². The number of amides is 2. The number of rotatable bonds is 5. The molecule has 2 N–H and O–H groups in total. The minimum Gasteiger partial charge on any atom is -0.408 e. The van der Waals surface area contributed by atoms with Gasteiger partial charge in [-0.25, -0.2) is 9.59 Å². The first-order chi connectivity index (χ1) is 12.0. The first-order valence-corrected chi connectivity index (χ1v) is 7.79. The normalized spacial score (nSPS) is 10.6. The van der Waals surface area contributed by atoms with Gasteiger partial charge in [0.15, 0.2) is 11.4 Å². The first kappa shape index (κ1) is 16.5. The number of nitrogens with zero attached hydrogens (tertiary/aromatic N) is 1. The molecule has 128 valence electrons. The second kappa shape index (κ2) is 7.04. The van der Waals surface area contributed by atoms with Gasteiger partial charge in [0.2, 0.25) is 0 Å². The molecule has 3 aromatic rings. The second-order valence-electron chi connectivity index (χ2n) is 5.51. The molecule has 2 amide bonds. The summed E-state index contributed by atoms with van der Waals surface area (Å²) in [7, 11) is 0. The topological polar surface area (TPSA) is 93.3 Å². The molecule has 25 heavy (non-hydrogen) atoms. The molecule has 7 heteroatoms. The minimum atomic E-state index is -0.461. The van der Waals surface area contributed by atoms with Gasteiger partial charge in [0.05, 0.1) is 5.52 Å². The van der Waals surface area contributed by atoms with E-state index in [-0.39, 0.29) is 18.9 Å². The molecule has 0 aliphatic carbocycles. The number of urea groups is 1. The first-order valence-electron chi connectivity index (χ1n) is 7.79. The lowest BCUT2D eigenvalue weighted by Gasteiger charge is -2.08. The molecule has 7 nitrogen and oxygen atoms in total. The van der Waals surface area contributed by atoms with Gasteiger partial charge in [0.25, 0.3) is 0 Å². The van der Waals surface area contributed by atoms with Crippen LogP contribution in [0.25, 0.3) is 11.1 Å². The number of fused-ring (bicyclic) bond motifs is 1. The quantitative estimate of drug-likeness (QED) is 0.699. The summed E-state index contributed by atoms with van der Waals surface area (Å²) in [6, 6.07) is 13.4. The predicted molar refractivity (Wildman–Crippen MR) is 93.9 cm³/mol. The lowest BCUT2D eigenvalue weighted by atomic mass is 10.1. The predicted octanol–water partition coefficient (Wildman–Crippen LogP) is 2.62. The van der Waals surface area contributed by atoms with Crippen molar-refractivity contribution in [1.82, 2.24) is 9.88 Å². The van der Waals surface area contributed by atoms with Crippen LogP contribution in [0.3, 0.4) is 0 Å². The molecule has 1 heterocycles. The van der Waals surface area contributed by atoms with Gasteiger partial charge in [-0.3, -0.25) is 9.36 Å². The number of ketones is 1. The fourth-order valence-corrected chi connectivity index (χ4v) is 2.50. The van der Waals surface area contributed by atoms with Gasteiger partial charge in [-0.1, -0.05) is 24.3 Å². The SMILES string of the molecule is CC(=O)c1cccc(NC(=O)NCCn2c(=O)oc3ccccc32)c1. The highest BCUT2D eigenvalue weighted by atomic mass is 16.4. The number of aromatic nitrogens is 1. The molecule has 0 bridgehead atoms. The van der Waals surface area contributed by atoms with Crippen molar-refractivity contribution < 1.29 is 14.0 Å². The fourth-order valence-electron chi connectivity index (χ4n) is 2.50. The van der Waals surface area contributed by atoms with E-state index in [1.54, 1.807) is 42.5 Å². The van der Waals surface area contributed by atoms with Gasteiger partial charge < -0.3 is 15.1 Å². The number of carbonyl (C=O) groups is 2. The molecule has 0 saturated carbocycles. The summed E-state index contributed by atoms with van der Waals surface area (Å²) in [5, 5.41) is 5.33. The third kappa shape index (κ3) is 3.77. The van der Waals surface area contributed by atoms with Crippen LogP contribution in [0.5, 0.6) is 0 Å². The van der Waals surface area contributed by atoms with Crippen LogP contribution < -0.4 is 16.4 Å². The smallest absolute Gasteiger partial charge is 0.408 e. The maximum Gasteiger partial charge on any atom is 0.420 e. The average molecular weight is 339 g/mol. The zero-order valence-electron chi connectivity index (χ0n) is 13.6. The second-order valence-corrected chi connectivity index (χ2v) is 5.51. The molecule has 2 aromatic carbocycles. The minimum absolute atomic E-state index is 0.0738. The van der Waals surface area contributed by atoms with Crippen molar-refractivity contribution in [3.63, 3.8) is 0 Å². The monoisotopic (exact) mass is 339 g/mol. The van der Waals surface area contributed by atoms with Gasteiger partial charge in [-0.2, -0.15) is 0 Å². The standard InChI is InChI=1S/C18H17N3O4/c1-12(22)13-5-4-6-14(11-13)20-17(23)19-9-10-21-15-7-2-3-8-16(15)25-18(21)24/h2-8,11H,9-10H2,1H3,(H2,19,20,23). The van der Waals surface area contributed by atoms with Crippen molar-refractivity contribution >= 4 is 28.6 Å². The number of para-hydroxylation sites is 2. The maximum absolute atomic E-state index is 12.0. The number of benzene rings is 2. The van der Waals surface area contributed by atoms with Crippen LogP contribution in [0.2, 0.25) is 0 Å². The fraction of sp³-hybridized carbons (Fsp3) is 0.167. The summed E-state index contributed by atoms with van der Waals surface area (Å²) in [6.07, 6.45) is 0. The zero-order valence-corrected chi connectivity index (χ0v) is 13.6. The van der Waals surface area contributed by atoms with Crippen molar-refractivity contribution in [1.29, 1.82) is 0 Å². The van der Waals surface area contributed by atoms with Crippen LogP contribution in [-0.4, -0.2) is 22.9 Å². The van der Waals surface area contributed by atoms with E-state index in [1.807, 2.05) is 6.07 Å². The molecule has 0 unspecified atom stereocenters. The van der Waals surface area contributed by atoms with E-state index < -0.39 is 11.8 Å². The van der Waals surface area contributed by atoms with E-state index in [0.29, 0.717) is 22.4 Å². The summed E-state index contributed by atoms with van der Waals surface area (Å²) in [4.78, 5) is 35.2. The van der Waals surface area contributed by atoms with Crippen molar-refractivity contribution in [2.24, 2.45) is 0 Å². The van der Waals surface area contributed by atoms with Gasteiger partial charge in [-0.05, 0) is 31.2 Å². The Morgan fingerprint density at radius 2 is 1.92 bits per heavy atom. The Kier molecular flexibility index (Phi) is 4.65. The van der Waals surface area contributed by atoms with Crippen molar-refractivity contribution in [2.45, 2.75) is 13.5 Å². The molecule has 0 saturated heterocycles. The maximum atomic E-state index is 12.0. The van der Waals surface area contributed by atoms with E-state index in [1.165, 1.54) is 11.5 Å². The highest BCUT2D eigenvalue weighted by molar-refractivity contribution is 5.96. The Hall–Kier alpha value is -3.35. The third-order valence-corrected chi connectivity index (χ3v) is 3.72. The Bertz CT molecular complexity index is 987. The van der Waals surface area contributed by atoms with Crippen LogP contribution in [0, 0.1) is 0 Å². The Balaban J connectivity index is 1.59. The van der Waals surface area contributed by atoms with Crippen molar-refractivity contribution in [2.75, 3.05) is 11.9 Å².